The maximum absolute atomic E-state index is 11.0. The van der Waals surface area contributed by atoms with Crippen LogP contribution in [-0.2, 0) is 26.3 Å². The van der Waals surface area contributed by atoms with E-state index in [2.05, 4.69) is 12.1 Å². The van der Waals surface area contributed by atoms with Crippen LogP contribution in [-0.4, -0.2) is 24.7 Å². The molecule has 1 aromatic carbocycles. The highest BCUT2D eigenvalue weighted by Crippen LogP contribution is 2.14. The van der Waals surface area contributed by atoms with E-state index in [9.17, 15) is 13.2 Å². The molecule has 1 rings (SSSR count). The number of ether oxygens (including phenoxy) is 1. The lowest BCUT2D eigenvalue weighted by Gasteiger charge is -2.05. The fourth-order valence-electron chi connectivity index (χ4n) is 3.66. The lowest BCUT2D eigenvalue weighted by molar-refractivity contribution is -0.112. The molecule has 0 spiro atoms. The molecular weight excluding hydrogens is 412 g/mol. The van der Waals surface area contributed by atoms with E-state index in [1.807, 2.05) is 18.2 Å². The Hall–Kier alpha value is -1.24. The minimum atomic E-state index is -4.48. The largest absolute Gasteiger partial charge is 0.377 e. The van der Waals surface area contributed by atoms with Crippen LogP contribution in [0.4, 0.5) is 0 Å². The van der Waals surface area contributed by atoms with Crippen LogP contribution in [0.2, 0.25) is 0 Å². The standard InChI is InChI=1S/C25H42O5S/c26-25(31(27,28)29)21-17-12-10-8-6-4-2-1-3-5-7-9-11-13-18-22-30-23-24-19-15-14-16-20-24/h14-16,19-20H,1-13,17-18,21-23H2,(H,27,28,29). The zero-order chi connectivity index (χ0) is 22.6. The Bertz CT molecular complexity index is 658. The van der Waals surface area contributed by atoms with Gasteiger partial charge in [0.15, 0.2) is 0 Å². The zero-order valence-electron chi connectivity index (χ0n) is 19.1. The molecule has 1 N–H and O–H groups in total. The molecule has 0 unspecified atom stereocenters. The van der Waals surface area contributed by atoms with Crippen molar-refractivity contribution in [3.05, 3.63) is 35.9 Å². The van der Waals surface area contributed by atoms with E-state index in [-0.39, 0.29) is 6.42 Å². The molecule has 5 nitrogen and oxygen atoms in total. The number of unbranched alkanes of at least 4 members (excludes halogenated alkanes) is 14. The molecule has 0 fully saturated rings. The van der Waals surface area contributed by atoms with Gasteiger partial charge in [0.25, 0.3) is 5.12 Å². The molecule has 0 saturated carbocycles. The van der Waals surface area contributed by atoms with Crippen LogP contribution in [0, 0.1) is 0 Å². The molecule has 0 aliphatic heterocycles. The van der Waals surface area contributed by atoms with Crippen molar-refractivity contribution >= 4 is 15.2 Å². The topological polar surface area (TPSA) is 80.7 Å². The highest BCUT2D eigenvalue weighted by atomic mass is 32.2. The van der Waals surface area contributed by atoms with Crippen LogP contribution in [0.1, 0.15) is 108 Å². The first kappa shape index (κ1) is 27.8. The van der Waals surface area contributed by atoms with Crippen LogP contribution in [0.5, 0.6) is 0 Å². The van der Waals surface area contributed by atoms with Crippen molar-refractivity contribution in [2.24, 2.45) is 0 Å². The van der Waals surface area contributed by atoms with Crippen molar-refractivity contribution in [1.29, 1.82) is 0 Å². The van der Waals surface area contributed by atoms with E-state index in [0.717, 1.165) is 38.9 Å². The molecule has 1 aromatic rings. The predicted octanol–water partition coefficient (Wildman–Crippen LogP) is 6.86. The normalized spacial score (nSPS) is 11.6. The van der Waals surface area contributed by atoms with Crippen molar-refractivity contribution < 1.29 is 22.5 Å². The van der Waals surface area contributed by atoms with Crippen LogP contribution < -0.4 is 0 Å². The molecule has 0 radical (unpaired) electrons. The van der Waals surface area contributed by atoms with Crippen molar-refractivity contribution in [2.75, 3.05) is 6.61 Å². The van der Waals surface area contributed by atoms with E-state index in [1.54, 1.807) is 0 Å². The molecule has 0 saturated heterocycles. The first-order chi connectivity index (χ1) is 15.0. The number of carbonyl (C=O) groups excluding carboxylic acids is 1. The molecule has 31 heavy (non-hydrogen) atoms. The summed E-state index contributed by atoms with van der Waals surface area (Å²) in [5.41, 5.74) is 1.24. The summed E-state index contributed by atoms with van der Waals surface area (Å²) < 4.78 is 35.5. The third-order valence-electron chi connectivity index (χ3n) is 5.57. The van der Waals surface area contributed by atoms with Gasteiger partial charge in [-0.1, -0.05) is 114 Å². The zero-order valence-corrected chi connectivity index (χ0v) is 19.9. The Kier molecular flexibility index (Phi) is 16.4. The van der Waals surface area contributed by atoms with Crippen molar-refractivity contribution in [3.8, 4) is 0 Å². The molecule has 0 heterocycles. The molecule has 0 bridgehead atoms. The SMILES string of the molecule is O=C(CCCCCCCCCCCCCCCCCOCc1ccccc1)S(=O)(=O)O. The molecule has 178 valence electrons. The second kappa shape index (κ2) is 18.3. The van der Waals surface area contributed by atoms with Gasteiger partial charge in [-0.3, -0.25) is 9.35 Å². The predicted molar refractivity (Wildman–Crippen MR) is 127 cm³/mol. The quantitative estimate of drug-likeness (QED) is 0.172. The summed E-state index contributed by atoms with van der Waals surface area (Å²) in [6.07, 6.45) is 17.6. The average Bonchev–Trinajstić information content (AvgIpc) is 2.75. The maximum Gasteiger partial charge on any atom is 0.328 e. The lowest BCUT2D eigenvalue weighted by Crippen LogP contribution is -2.12. The van der Waals surface area contributed by atoms with E-state index in [0.29, 0.717) is 6.42 Å². The van der Waals surface area contributed by atoms with Crippen molar-refractivity contribution in [2.45, 2.75) is 109 Å². The maximum atomic E-state index is 11.0. The Labute approximate surface area is 189 Å². The number of carbonyl (C=O) groups is 1. The van der Waals surface area contributed by atoms with Gasteiger partial charge >= 0.3 is 10.1 Å². The van der Waals surface area contributed by atoms with Gasteiger partial charge in [-0.15, -0.1) is 0 Å². The van der Waals surface area contributed by atoms with E-state index in [1.165, 1.54) is 69.8 Å². The number of rotatable bonds is 20. The first-order valence-electron chi connectivity index (χ1n) is 12.1. The van der Waals surface area contributed by atoms with E-state index < -0.39 is 15.2 Å². The Morgan fingerprint density at radius 1 is 0.677 bits per heavy atom. The molecule has 0 aliphatic rings. The molecule has 0 aromatic heterocycles. The highest BCUT2D eigenvalue weighted by Gasteiger charge is 2.16. The van der Waals surface area contributed by atoms with Gasteiger partial charge in [0.1, 0.15) is 0 Å². The van der Waals surface area contributed by atoms with Gasteiger partial charge in [0.2, 0.25) is 0 Å². The molecule has 6 heteroatoms. The summed E-state index contributed by atoms with van der Waals surface area (Å²) in [6.45, 7) is 1.58. The number of benzene rings is 1. The van der Waals surface area contributed by atoms with Crippen molar-refractivity contribution in [3.63, 3.8) is 0 Å². The van der Waals surface area contributed by atoms with Crippen molar-refractivity contribution in [1.82, 2.24) is 0 Å². The van der Waals surface area contributed by atoms with E-state index >= 15 is 0 Å². The summed E-state index contributed by atoms with van der Waals surface area (Å²) in [6, 6.07) is 10.3. The average molecular weight is 455 g/mol. The summed E-state index contributed by atoms with van der Waals surface area (Å²) in [7, 11) is -4.48. The summed E-state index contributed by atoms with van der Waals surface area (Å²) >= 11 is 0. The smallest absolute Gasteiger partial charge is 0.328 e. The number of hydrogen-bond donors (Lipinski definition) is 1. The highest BCUT2D eigenvalue weighted by molar-refractivity contribution is 8.01. The molecule has 0 aliphatic carbocycles. The Morgan fingerprint density at radius 3 is 1.55 bits per heavy atom. The molecule has 0 amide bonds. The minimum Gasteiger partial charge on any atom is -0.377 e. The minimum absolute atomic E-state index is 0.0686. The van der Waals surface area contributed by atoms with Gasteiger partial charge in [-0.25, -0.2) is 0 Å². The lowest BCUT2D eigenvalue weighted by atomic mass is 10.0. The van der Waals surface area contributed by atoms with Gasteiger partial charge in [0, 0.05) is 13.0 Å². The van der Waals surface area contributed by atoms with E-state index in [4.69, 9.17) is 9.29 Å². The van der Waals surface area contributed by atoms with Crippen LogP contribution >= 0.6 is 0 Å². The summed E-state index contributed by atoms with van der Waals surface area (Å²) in [5.74, 6) is 0. The summed E-state index contributed by atoms with van der Waals surface area (Å²) in [5, 5.41) is -1.06. The first-order valence-corrected chi connectivity index (χ1v) is 13.6. The second-order valence-corrected chi connectivity index (χ2v) is 9.84. The fraction of sp³-hybridized carbons (Fsp3) is 0.720. The van der Waals surface area contributed by atoms with Crippen LogP contribution in [0.15, 0.2) is 30.3 Å². The Morgan fingerprint density at radius 2 is 1.10 bits per heavy atom. The fourth-order valence-corrected chi connectivity index (χ4v) is 4.07. The third kappa shape index (κ3) is 17.0. The molecule has 0 atom stereocenters. The van der Waals surface area contributed by atoms with Gasteiger partial charge in [0.05, 0.1) is 6.61 Å². The van der Waals surface area contributed by atoms with Crippen LogP contribution in [0.25, 0.3) is 0 Å². The van der Waals surface area contributed by atoms with Gasteiger partial charge in [-0.05, 0) is 18.4 Å². The second-order valence-electron chi connectivity index (χ2n) is 8.44. The number of hydrogen-bond acceptors (Lipinski definition) is 4. The monoisotopic (exact) mass is 454 g/mol. The van der Waals surface area contributed by atoms with Gasteiger partial charge in [-0.2, -0.15) is 8.42 Å². The summed E-state index contributed by atoms with van der Waals surface area (Å²) in [4.78, 5) is 11.0. The molecular formula is C25H42O5S. The third-order valence-corrected chi connectivity index (χ3v) is 6.35. The van der Waals surface area contributed by atoms with Crippen LogP contribution in [0.3, 0.4) is 0 Å². The Balaban J connectivity index is 1.72. The van der Waals surface area contributed by atoms with Gasteiger partial charge < -0.3 is 4.74 Å².